The molecule has 11 nitrogen and oxygen atoms in total. The van der Waals surface area contributed by atoms with Crippen LogP contribution in [0.5, 0.6) is 11.5 Å². The minimum absolute atomic E-state index is 0.0576. The van der Waals surface area contributed by atoms with Crippen LogP contribution in [0.25, 0.3) is 0 Å². The molecule has 0 aromatic heterocycles. The molecule has 0 aliphatic carbocycles. The van der Waals surface area contributed by atoms with Crippen LogP contribution in [0.1, 0.15) is 118 Å². The molecular weight excluding hydrogens is 596 g/mol. The van der Waals surface area contributed by atoms with Crippen molar-refractivity contribution in [2.45, 2.75) is 111 Å². The van der Waals surface area contributed by atoms with E-state index in [2.05, 4.69) is 0 Å². The molecular formula is C35H50O11. The molecule has 0 saturated heterocycles. The van der Waals surface area contributed by atoms with Crippen LogP contribution in [0, 0.1) is 18.8 Å². The van der Waals surface area contributed by atoms with Crippen LogP contribution in [-0.2, 0) is 46.4 Å². The largest absolute Gasteiger partial charge is 0.496 e. The van der Waals surface area contributed by atoms with Crippen molar-refractivity contribution in [2.24, 2.45) is 11.8 Å². The molecule has 0 saturated carbocycles. The van der Waals surface area contributed by atoms with E-state index < -0.39 is 23.8 Å². The van der Waals surface area contributed by atoms with Gasteiger partial charge < -0.3 is 28.8 Å². The van der Waals surface area contributed by atoms with Crippen LogP contribution in [0.4, 0.5) is 0 Å². The molecule has 0 radical (unpaired) electrons. The predicted octanol–water partition coefficient (Wildman–Crippen LogP) is 6.43. The fourth-order valence-corrected chi connectivity index (χ4v) is 5.38. The first-order valence-electron chi connectivity index (χ1n) is 16.1. The van der Waals surface area contributed by atoms with E-state index in [0.717, 1.165) is 36.8 Å². The lowest BCUT2D eigenvalue weighted by Gasteiger charge is -2.20. The highest BCUT2D eigenvalue weighted by Crippen LogP contribution is 2.43. The number of carbonyl (C=O) groups is 5. The molecule has 256 valence electrons. The van der Waals surface area contributed by atoms with Gasteiger partial charge in [0.05, 0.1) is 26.7 Å². The van der Waals surface area contributed by atoms with Crippen molar-refractivity contribution in [3.05, 3.63) is 33.9 Å². The first-order valence-corrected chi connectivity index (χ1v) is 16.1. The maximum atomic E-state index is 13.2. The third-order valence-corrected chi connectivity index (χ3v) is 8.23. The summed E-state index contributed by atoms with van der Waals surface area (Å²) in [5, 5.41) is 8.83. The van der Waals surface area contributed by atoms with Gasteiger partial charge in [-0.05, 0) is 57.4 Å². The minimum atomic E-state index is -0.776. The molecule has 0 amide bonds. The molecule has 2 atom stereocenters. The number of unbranched alkanes of at least 4 members (excludes halogenated alkanes) is 3. The lowest BCUT2D eigenvalue weighted by Crippen LogP contribution is -2.21. The zero-order chi connectivity index (χ0) is 34.2. The first-order chi connectivity index (χ1) is 21.9. The second-order valence-electron chi connectivity index (χ2n) is 12.1. The van der Waals surface area contributed by atoms with E-state index >= 15 is 0 Å². The van der Waals surface area contributed by atoms with Gasteiger partial charge in [0.15, 0.2) is 5.75 Å². The summed E-state index contributed by atoms with van der Waals surface area (Å²) in [5.74, 6) is -2.22. The Balaban J connectivity index is 1.93. The summed E-state index contributed by atoms with van der Waals surface area (Å²) in [6.07, 6.45) is 8.64. The SMILES string of the molecule is COC(=O)CCC(C)=CCc1c(OC)c(C)c2c(c1OC(=O)C(C)CCCOC(=O)CCCCCCC(C)CC(=O)O)C(=O)OC2. The third-order valence-electron chi connectivity index (χ3n) is 8.23. The van der Waals surface area contributed by atoms with Crippen molar-refractivity contribution >= 4 is 29.8 Å². The summed E-state index contributed by atoms with van der Waals surface area (Å²) in [5.41, 5.74) is 3.04. The van der Waals surface area contributed by atoms with E-state index in [1.165, 1.54) is 14.2 Å². The Morgan fingerprint density at radius 3 is 2.33 bits per heavy atom. The van der Waals surface area contributed by atoms with Crippen LogP contribution >= 0.6 is 0 Å². The van der Waals surface area contributed by atoms with Crippen molar-refractivity contribution in [3.8, 4) is 11.5 Å². The quantitative estimate of drug-likeness (QED) is 0.0517. The Morgan fingerprint density at radius 2 is 1.65 bits per heavy atom. The zero-order valence-corrected chi connectivity index (χ0v) is 28.2. The second-order valence-corrected chi connectivity index (χ2v) is 12.1. The van der Waals surface area contributed by atoms with Gasteiger partial charge in [-0.15, -0.1) is 0 Å². The molecule has 46 heavy (non-hydrogen) atoms. The van der Waals surface area contributed by atoms with Crippen LogP contribution < -0.4 is 9.47 Å². The maximum absolute atomic E-state index is 13.2. The lowest BCUT2D eigenvalue weighted by molar-refractivity contribution is -0.144. The topological polar surface area (TPSA) is 152 Å². The molecule has 11 heteroatoms. The summed E-state index contributed by atoms with van der Waals surface area (Å²) in [4.78, 5) is 60.4. The average Bonchev–Trinajstić information content (AvgIpc) is 3.41. The summed E-state index contributed by atoms with van der Waals surface area (Å²) in [7, 11) is 2.86. The molecule has 2 rings (SSSR count). The smallest absolute Gasteiger partial charge is 0.342 e. The number of esters is 4. The number of cyclic esters (lactones) is 1. The molecule has 1 N–H and O–H groups in total. The number of methoxy groups -OCH3 is 2. The molecule has 0 bridgehead atoms. The fraction of sp³-hybridized carbons (Fsp3) is 0.629. The molecule has 0 fully saturated rings. The van der Waals surface area contributed by atoms with E-state index in [1.54, 1.807) is 6.92 Å². The Labute approximate surface area is 271 Å². The monoisotopic (exact) mass is 646 g/mol. The number of hydrogen-bond donors (Lipinski definition) is 1. The number of allylic oxidation sites excluding steroid dienone is 2. The number of rotatable bonds is 21. The predicted molar refractivity (Wildman–Crippen MR) is 170 cm³/mol. The number of benzene rings is 1. The number of carboxylic acids is 1. The van der Waals surface area contributed by atoms with Gasteiger partial charge in [-0.3, -0.25) is 19.2 Å². The fourth-order valence-electron chi connectivity index (χ4n) is 5.38. The lowest BCUT2D eigenvalue weighted by atomic mass is 9.94. The Morgan fingerprint density at radius 1 is 0.935 bits per heavy atom. The number of fused-ring (bicyclic) bond motifs is 1. The van der Waals surface area contributed by atoms with Crippen LogP contribution in [0.15, 0.2) is 11.6 Å². The van der Waals surface area contributed by atoms with Gasteiger partial charge in [0, 0.05) is 30.4 Å². The average molecular weight is 647 g/mol. The van der Waals surface area contributed by atoms with Crippen molar-refractivity contribution < 1.29 is 52.8 Å². The number of aliphatic carboxylic acids is 1. The molecule has 2 unspecified atom stereocenters. The van der Waals surface area contributed by atoms with Crippen molar-refractivity contribution in [1.82, 2.24) is 0 Å². The Hall–Kier alpha value is -3.89. The number of ether oxygens (including phenoxy) is 5. The summed E-state index contributed by atoms with van der Waals surface area (Å²) >= 11 is 0. The van der Waals surface area contributed by atoms with Gasteiger partial charge in [0.25, 0.3) is 0 Å². The molecule has 1 aliphatic heterocycles. The normalized spacial score (nSPS) is 13.8. The van der Waals surface area contributed by atoms with E-state index in [4.69, 9.17) is 28.8 Å². The molecule has 1 aromatic carbocycles. The summed E-state index contributed by atoms with van der Waals surface area (Å²) < 4.78 is 27.0. The van der Waals surface area contributed by atoms with Crippen molar-refractivity contribution in [2.75, 3.05) is 20.8 Å². The van der Waals surface area contributed by atoms with E-state index in [1.807, 2.05) is 26.8 Å². The zero-order valence-electron chi connectivity index (χ0n) is 28.2. The Kier molecular flexibility index (Phi) is 16.3. The summed E-state index contributed by atoms with van der Waals surface area (Å²) in [6, 6.07) is 0. The molecule has 1 aliphatic rings. The van der Waals surface area contributed by atoms with Gasteiger partial charge in [0.2, 0.25) is 0 Å². The highest BCUT2D eigenvalue weighted by Gasteiger charge is 2.34. The number of hydrogen-bond acceptors (Lipinski definition) is 10. The molecule has 1 heterocycles. The van der Waals surface area contributed by atoms with E-state index in [-0.39, 0.29) is 55.2 Å². The first kappa shape index (κ1) is 38.3. The van der Waals surface area contributed by atoms with Crippen molar-refractivity contribution in [3.63, 3.8) is 0 Å². The molecule has 0 spiro atoms. The highest BCUT2D eigenvalue weighted by molar-refractivity contribution is 5.99. The summed E-state index contributed by atoms with van der Waals surface area (Å²) in [6.45, 7) is 7.62. The Bertz CT molecular complexity index is 1260. The van der Waals surface area contributed by atoms with Crippen LogP contribution in [0.2, 0.25) is 0 Å². The van der Waals surface area contributed by atoms with Gasteiger partial charge >= 0.3 is 29.8 Å². The van der Waals surface area contributed by atoms with Crippen LogP contribution in [-0.4, -0.2) is 55.8 Å². The third kappa shape index (κ3) is 12.1. The van der Waals surface area contributed by atoms with E-state index in [9.17, 15) is 24.0 Å². The van der Waals surface area contributed by atoms with Gasteiger partial charge in [-0.1, -0.05) is 51.2 Å². The van der Waals surface area contributed by atoms with Crippen molar-refractivity contribution in [1.29, 1.82) is 0 Å². The van der Waals surface area contributed by atoms with E-state index in [0.29, 0.717) is 55.4 Å². The second kappa shape index (κ2) is 19.6. The number of carboxylic acid groups (broad SMARTS) is 1. The minimum Gasteiger partial charge on any atom is -0.496 e. The standard InChI is InChI=1S/C35H50O11/c1-22(16-18-29(38)42-5)15-17-26-32(43-6)25(4)27-21-45-35(41)31(27)33(26)46-34(40)24(3)13-11-19-44-30(39)14-10-8-7-9-12-23(2)20-28(36)37/h15,23-24H,7-14,16-21H2,1-6H3,(H,36,37). The highest BCUT2D eigenvalue weighted by atomic mass is 16.6. The van der Waals surface area contributed by atoms with Crippen LogP contribution in [0.3, 0.4) is 0 Å². The van der Waals surface area contributed by atoms with Gasteiger partial charge in [-0.2, -0.15) is 0 Å². The number of carbonyl (C=O) groups excluding carboxylic acids is 4. The van der Waals surface area contributed by atoms with Gasteiger partial charge in [0.1, 0.15) is 17.9 Å². The van der Waals surface area contributed by atoms with Gasteiger partial charge in [-0.25, -0.2) is 4.79 Å². The molecule has 1 aromatic rings. The maximum Gasteiger partial charge on any atom is 0.342 e.